The number of rotatable bonds is 12. The molecule has 1 aromatic heterocycles. The lowest BCUT2D eigenvalue weighted by Crippen LogP contribution is -2.99. The van der Waals surface area contributed by atoms with Crippen molar-refractivity contribution in [3.63, 3.8) is 0 Å². The van der Waals surface area contributed by atoms with Crippen molar-refractivity contribution in [2.45, 2.75) is 38.5 Å². The van der Waals surface area contributed by atoms with Crippen molar-refractivity contribution >= 4 is 55.8 Å². The molecular formula is C21H27N5O6S2. The van der Waals surface area contributed by atoms with Crippen LogP contribution in [0.15, 0.2) is 39.4 Å². The Kier molecular flexibility index (Phi) is 9.55. The summed E-state index contributed by atoms with van der Waals surface area (Å²) in [5.41, 5.74) is 2.79. The summed E-state index contributed by atoms with van der Waals surface area (Å²) in [6, 6.07) is 6.89. The lowest BCUT2D eigenvalue weighted by Gasteiger charge is -2.26. The Balaban J connectivity index is 2.00. The molecule has 2 aromatic carbocycles. The highest BCUT2D eigenvalue weighted by Crippen LogP contribution is 2.42. The van der Waals surface area contributed by atoms with E-state index in [0.717, 1.165) is 43.7 Å². The summed E-state index contributed by atoms with van der Waals surface area (Å²) in [5, 5.41) is 41.2. The van der Waals surface area contributed by atoms with Gasteiger partial charge in [0, 0.05) is 30.8 Å². The van der Waals surface area contributed by atoms with E-state index in [0.29, 0.717) is 37.2 Å². The maximum absolute atomic E-state index is 11.4. The first kappa shape index (κ1) is 26.2. The van der Waals surface area contributed by atoms with Crippen LogP contribution in [0.4, 0.5) is 22.2 Å². The molecule has 0 aliphatic heterocycles. The number of methoxy groups -OCH3 is 1. The summed E-state index contributed by atoms with van der Waals surface area (Å²) in [6.45, 7) is 7.63. The van der Waals surface area contributed by atoms with Gasteiger partial charge in [-0.2, -0.15) is 5.23 Å². The van der Waals surface area contributed by atoms with Crippen LogP contribution in [-0.2, 0) is 9.37 Å². The summed E-state index contributed by atoms with van der Waals surface area (Å²) in [5.74, 6) is 0.621. The fourth-order valence-electron chi connectivity index (χ4n) is 3.47. The van der Waals surface area contributed by atoms with Crippen LogP contribution in [0.2, 0.25) is 0 Å². The van der Waals surface area contributed by atoms with Gasteiger partial charge in [0.05, 0.1) is 40.0 Å². The predicted molar refractivity (Wildman–Crippen MR) is 131 cm³/mol. The van der Waals surface area contributed by atoms with E-state index in [1.165, 1.54) is 11.3 Å². The second-order valence-corrected chi connectivity index (χ2v) is 9.09. The highest BCUT2D eigenvalue weighted by atomic mass is 32.2. The lowest BCUT2D eigenvalue weighted by atomic mass is 10.2. The number of quaternary nitrogens is 1. The van der Waals surface area contributed by atoms with Crippen LogP contribution in [-0.4, -0.2) is 35.6 Å². The number of thiazole rings is 1. The number of fused-ring (bicyclic) bond motifs is 1. The normalized spacial score (nSPS) is 12.6. The number of nitrogens with one attached hydrogen (secondary N) is 1. The van der Waals surface area contributed by atoms with Crippen LogP contribution in [0.3, 0.4) is 0 Å². The number of hydrogen-bond donors (Lipinski definition) is 3. The molecule has 3 N–H and O–H groups in total. The Morgan fingerprint density at radius 3 is 2.53 bits per heavy atom. The summed E-state index contributed by atoms with van der Waals surface area (Å²) >= 11 is 2.03. The first-order valence-corrected chi connectivity index (χ1v) is 12.2. The second-order valence-electron chi connectivity index (χ2n) is 7.34. The molecule has 0 aliphatic rings. The number of aromatic nitrogens is 1. The Bertz CT molecular complexity index is 1130. The van der Waals surface area contributed by atoms with E-state index in [-0.39, 0.29) is 5.69 Å². The molecule has 3 aromatic rings. The van der Waals surface area contributed by atoms with Crippen LogP contribution in [0.1, 0.15) is 32.3 Å². The third kappa shape index (κ3) is 6.20. The maximum atomic E-state index is 11.4. The standard InChI is InChI=1S/C21H27N5O6S2/c1-5-7-25(8-6-2)17-12-20(34-32-31-29)15(10-18(17)30-4)23-24-21-22-14-9-13(3)16(26(27)28)11-19(14)33-21/h9-12,26-27,29H,5-8H2,1-4H3. The molecule has 1 heterocycles. The molecule has 0 aliphatic carbocycles. The van der Waals surface area contributed by atoms with Gasteiger partial charge >= 0.3 is 0 Å². The Morgan fingerprint density at radius 1 is 1.18 bits per heavy atom. The number of nitrogens with zero attached hydrogens (tertiary/aromatic N) is 4. The van der Waals surface area contributed by atoms with E-state index in [9.17, 15) is 10.4 Å². The van der Waals surface area contributed by atoms with Gasteiger partial charge in [-0.05, 0) is 31.9 Å². The monoisotopic (exact) mass is 509 g/mol. The van der Waals surface area contributed by atoms with E-state index in [4.69, 9.17) is 9.99 Å². The molecule has 0 spiro atoms. The fraction of sp³-hybridized carbons (Fsp3) is 0.381. The zero-order chi connectivity index (χ0) is 24.7. The summed E-state index contributed by atoms with van der Waals surface area (Å²) < 4.78 is 11.0. The molecule has 0 fully saturated rings. The number of aryl methyl sites for hydroxylation is 1. The average molecular weight is 510 g/mol. The largest absolute Gasteiger partial charge is 0.595 e. The summed E-state index contributed by atoms with van der Waals surface area (Å²) in [6.07, 6.45) is 1.92. The van der Waals surface area contributed by atoms with Crippen LogP contribution < -0.4 is 14.9 Å². The second kappa shape index (κ2) is 12.4. The van der Waals surface area contributed by atoms with Gasteiger partial charge in [-0.1, -0.05) is 30.2 Å². The predicted octanol–water partition coefficient (Wildman–Crippen LogP) is 5.49. The van der Waals surface area contributed by atoms with Gasteiger partial charge < -0.3 is 14.8 Å². The molecule has 3 rings (SSSR count). The molecular weight excluding hydrogens is 482 g/mol. The van der Waals surface area contributed by atoms with Gasteiger partial charge in [0.1, 0.15) is 11.4 Å². The van der Waals surface area contributed by atoms with Gasteiger partial charge in [0.2, 0.25) is 5.13 Å². The highest BCUT2D eigenvalue weighted by molar-refractivity contribution is 7.94. The molecule has 11 nitrogen and oxygen atoms in total. The molecule has 0 radical (unpaired) electrons. The van der Waals surface area contributed by atoms with Crippen molar-refractivity contribution in [3.05, 3.63) is 35.0 Å². The number of azo groups is 1. The fourth-order valence-corrected chi connectivity index (χ4v) is 4.73. The zero-order valence-corrected chi connectivity index (χ0v) is 20.9. The molecule has 0 amide bonds. The average Bonchev–Trinajstić information content (AvgIpc) is 3.22. The molecule has 1 atom stereocenters. The number of benzene rings is 2. The topological polar surface area (TPSA) is 136 Å². The Morgan fingerprint density at radius 2 is 1.91 bits per heavy atom. The Hall–Kier alpha value is -2.36. The first-order valence-electron chi connectivity index (χ1n) is 10.6. The molecule has 0 saturated heterocycles. The van der Waals surface area contributed by atoms with Crippen molar-refractivity contribution in [1.82, 2.24) is 4.98 Å². The maximum Gasteiger partial charge on any atom is 0.231 e. The van der Waals surface area contributed by atoms with Crippen molar-refractivity contribution < 1.29 is 29.8 Å². The zero-order valence-electron chi connectivity index (χ0n) is 19.3. The van der Waals surface area contributed by atoms with Crippen molar-refractivity contribution in [3.8, 4) is 5.75 Å². The van der Waals surface area contributed by atoms with Crippen LogP contribution in [0.5, 0.6) is 5.75 Å². The molecule has 184 valence electrons. The Labute approximate surface area is 205 Å². The van der Waals surface area contributed by atoms with E-state index in [1.807, 2.05) is 6.07 Å². The molecule has 13 heteroatoms. The first-order chi connectivity index (χ1) is 16.4. The van der Waals surface area contributed by atoms with Crippen molar-refractivity contribution in [1.29, 1.82) is 0 Å². The van der Waals surface area contributed by atoms with Crippen molar-refractivity contribution in [2.24, 2.45) is 10.2 Å². The molecule has 0 saturated carbocycles. The SMILES string of the molecule is CCCN(CCC)c1cc(SOOO)c(N=Nc2nc3cc(C)c([NH+]([O-])O)cc3s2)cc1OC. The van der Waals surface area contributed by atoms with Gasteiger partial charge in [-0.25, -0.2) is 15.4 Å². The summed E-state index contributed by atoms with van der Waals surface area (Å²) in [7, 11) is 1.59. The number of hydrogen-bond acceptors (Lipinski definition) is 12. The quantitative estimate of drug-likeness (QED) is 0.125. The van der Waals surface area contributed by atoms with E-state index in [2.05, 4.69) is 43.3 Å². The van der Waals surface area contributed by atoms with Crippen molar-refractivity contribution in [2.75, 3.05) is 25.1 Å². The van der Waals surface area contributed by atoms with E-state index in [1.54, 1.807) is 32.2 Å². The number of anilines is 1. The summed E-state index contributed by atoms with van der Waals surface area (Å²) in [4.78, 5) is 7.20. The van der Waals surface area contributed by atoms with Gasteiger partial charge in [0.25, 0.3) is 0 Å². The minimum Gasteiger partial charge on any atom is -0.595 e. The smallest absolute Gasteiger partial charge is 0.231 e. The molecule has 1 unspecified atom stereocenters. The van der Waals surface area contributed by atoms with Crippen LogP contribution in [0, 0.1) is 12.1 Å². The van der Waals surface area contributed by atoms with Gasteiger partial charge in [-0.15, -0.1) is 14.6 Å². The minimum atomic E-state index is -0.990. The molecule has 0 bridgehead atoms. The third-order valence-electron chi connectivity index (χ3n) is 4.94. The van der Waals surface area contributed by atoms with Crippen LogP contribution >= 0.6 is 23.4 Å². The van der Waals surface area contributed by atoms with Gasteiger partial charge in [0.15, 0.2) is 5.69 Å². The minimum absolute atomic E-state index is 0.225. The number of ether oxygens (including phenoxy) is 1. The van der Waals surface area contributed by atoms with Crippen LogP contribution in [0.25, 0.3) is 10.2 Å². The van der Waals surface area contributed by atoms with Gasteiger partial charge in [-0.3, -0.25) is 0 Å². The van der Waals surface area contributed by atoms with E-state index < -0.39 is 5.23 Å². The van der Waals surface area contributed by atoms with E-state index >= 15 is 0 Å². The highest BCUT2D eigenvalue weighted by Gasteiger charge is 2.18. The molecule has 34 heavy (non-hydrogen) atoms. The lowest BCUT2D eigenvalue weighted by molar-refractivity contribution is -0.991. The third-order valence-corrected chi connectivity index (χ3v) is 6.48.